The van der Waals surface area contributed by atoms with Crippen molar-refractivity contribution >= 4 is 6.03 Å². The van der Waals surface area contributed by atoms with Gasteiger partial charge in [0.05, 0.1) is 6.04 Å². The molecule has 0 spiro atoms. The lowest BCUT2D eigenvalue weighted by Gasteiger charge is -2.36. The Labute approximate surface area is 145 Å². The number of urea groups is 1. The van der Waals surface area contributed by atoms with Gasteiger partial charge in [-0.1, -0.05) is 18.2 Å². The molecule has 1 saturated heterocycles. The Kier molecular flexibility index (Phi) is 6.60. The predicted molar refractivity (Wildman–Crippen MR) is 95.4 cm³/mol. The van der Waals surface area contributed by atoms with Gasteiger partial charge in [0.2, 0.25) is 0 Å². The average molecular weight is 335 g/mol. The van der Waals surface area contributed by atoms with Crippen LogP contribution in [0.5, 0.6) is 0 Å². The number of nitrogens with zero attached hydrogens (tertiary/aromatic N) is 2. The fraction of sp³-hybridized carbons (Fsp3) is 0.632. The third-order valence-corrected chi connectivity index (χ3v) is 5.08. The third kappa shape index (κ3) is 4.69. The van der Waals surface area contributed by atoms with Crippen LogP contribution in [0, 0.1) is 11.7 Å². The summed E-state index contributed by atoms with van der Waals surface area (Å²) in [7, 11) is 1.72. The third-order valence-electron chi connectivity index (χ3n) is 5.08. The van der Waals surface area contributed by atoms with Crippen LogP contribution in [0.2, 0.25) is 0 Å². The Bertz CT molecular complexity index is 549. The van der Waals surface area contributed by atoms with E-state index in [1.807, 2.05) is 6.92 Å². The van der Waals surface area contributed by atoms with Gasteiger partial charge in [0.25, 0.3) is 0 Å². The van der Waals surface area contributed by atoms with Crippen LogP contribution in [-0.2, 0) is 0 Å². The summed E-state index contributed by atoms with van der Waals surface area (Å²) in [5.41, 5.74) is 0.541. The Hall–Kier alpha value is -1.62. The quantitative estimate of drug-likeness (QED) is 0.891. The number of hydrogen-bond donors (Lipinski definition) is 1. The minimum absolute atomic E-state index is 0.146. The molecule has 134 valence electrons. The van der Waals surface area contributed by atoms with Gasteiger partial charge in [-0.15, -0.1) is 0 Å². The smallest absolute Gasteiger partial charge is 0.317 e. The molecule has 2 atom stereocenters. The fourth-order valence-corrected chi connectivity index (χ4v) is 3.29. The van der Waals surface area contributed by atoms with Crippen molar-refractivity contribution < 1.29 is 9.18 Å². The van der Waals surface area contributed by atoms with Crippen LogP contribution in [0.4, 0.5) is 9.18 Å². The summed E-state index contributed by atoms with van der Waals surface area (Å²) in [4.78, 5) is 16.4. The van der Waals surface area contributed by atoms with E-state index in [1.165, 1.54) is 12.5 Å². The summed E-state index contributed by atoms with van der Waals surface area (Å²) < 4.78 is 13.9. The van der Waals surface area contributed by atoms with Crippen molar-refractivity contribution in [2.45, 2.75) is 45.7 Å². The number of halogens is 1. The predicted octanol–water partition coefficient (Wildman–Crippen LogP) is 3.65. The molecule has 1 aliphatic heterocycles. The van der Waals surface area contributed by atoms with Crippen molar-refractivity contribution in [1.29, 1.82) is 0 Å². The molecule has 2 amide bonds. The van der Waals surface area contributed by atoms with Crippen molar-refractivity contribution in [3.8, 4) is 0 Å². The molecule has 0 radical (unpaired) electrons. The van der Waals surface area contributed by atoms with Crippen LogP contribution < -0.4 is 5.32 Å². The topological polar surface area (TPSA) is 35.6 Å². The van der Waals surface area contributed by atoms with Crippen LogP contribution in [0.3, 0.4) is 0 Å². The van der Waals surface area contributed by atoms with Crippen LogP contribution in [-0.4, -0.2) is 48.6 Å². The number of likely N-dealkylation sites (tertiary alicyclic amines) is 1. The summed E-state index contributed by atoms with van der Waals surface area (Å²) in [6, 6.07) is 6.72. The summed E-state index contributed by atoms with van der Waals surface area (Å²) in [5.74, 6) is 0.215. The summed E-state index contributed by atoms with van der Waals surface area (Å²) >= 11 is 0. The van der Waals surface area contributed by atoms with Crippen molar-refractivity contribution in [1.82, 2.24) is 15.1 Å². The van der Waals surface area contributed by atoms with E-state index < -0.39 is 0 Å². The zero-order valence-corrected chi connectivity index (χ0v) is 15.3. The second-order valence-corrected chi connectivity index (χ2v) is 7.09. The molecule has 0 unspecified atom stereocenters. The van der Waals surface area contributed by atoms with E-state index in [2.05, 4.69) is 24.1 Å². The van der Waals surface area contributed by atoms with Crippen LogP contribution >= 0.6 is 0 Å². The molecule has 1 heterocycles. The Morgan fingerprint density at radius 3 is 2.75 bits per heavy atom. The molecule has 4 nitrogen and oxygen atoms in total. The largest absolute Gasteiger partial charge is 0.338 e. The Morgan fingerprint density at radius 2 is 2.08 bits per heavy atom. The standard InChI is InChI=1S/C19H30FN3O/c1-14(2)23-11-7-8-16(13-23)12-21-19(24)22(4)15(3)17-9-5-6-10-18(17)20/h5-6,9-10,14-16H,7-8,11-13H2,1-4H3,(H,21,24)/t15-,16-/m0/s1. The second-order valence-electron chi connectivity index (χ2n) is 7.09. The van der Waals surface area contributed by atoms with Gasteiger partial charge in [-0.25, -0.2) is 9.18 Å². The van der Waals surface area contributed by atoms with Gasteiger partial charge in [0.15, 0.2) is 0 Å². The van der Waals surface area contributed by atoms with Gasteiger partial charge in [0, 0.05) is 31.7 Å². The molecule has 1 aliphatic rings. The van der Waals surface area contributed by atoms with E-state index in [4.69, 9.17) is 0 Å². The van der Waals surface area contributed by atoms with Gasteiger partial charge in [0.1, 0.15) is 5.82 Å². The molecule has 0 bridgehead atoms. The normalized spacial score (nSPS) is 20.0. The maximum Gasteiger partial charge on any atom is 0.317 e. The summed E-state index contributed by atoms with van der Waals surface area (Å²) in [6.45, 7) is 9.13. The molecule has 0 saturated carbocycles. The highest BCUT2D eigenvalue weighted by molar-refractivity contribution is 5.74. The molecule has 1 fully saturated rings. The van der Waals surface area contributed by atoms with Crippen molar-refractivity contribution in [3.05, 3.63) is 35.6 Å². The monoisotopic (exact) mass is 335 g/mol. The number of nitrogens with one attached hydrogen (secondary N) is 1. The maximum atomic E-state index is 13.9. The number of piperidine rings is 1. The Morgan fingerprint density at radius 1 is 1.38 bits per heavy atom. The lowest BCUT2D eigenvalue weighted by Crippen LogP contribution is -2.46. The SMILES string of the molecule is CC(C)N1CCC[C@@H](CNC(=O)N(C)[C@@H](C)c2ccccc2F)C1. The first-order valence-corrected chi connectivity index (χ1v) is 8.89. The summed E-state index contributed by atoms with van der Waals surface area (Å²) in [5, 5.41) is 3.02. The van der Waals surface area contributed by atoms with E-state index in [1.54, 1.807) is 30.1 Å². The van der Waals surface area contributed by atoms with E-state index >= 15 is 0 Å². The number of carbonyl (C=O) groups excluding carboxylic acids is 1. The van der Waals surface area contributed by atoms with E-state index in [0.717, 1.165) is 19.5 Å². The zero-order chi connectivity index (χ0) is 17.7. The molecule has 5 heteroatoms. The second kappa shape index (κ2) is 8.47. The molecule has 0 aliphatic carbocycles. The van der Waals surface area contributed by atoms with Crippen molar-refractivity contribution in [3.63, 3.8) is 0 Å². The first-order valence-electron chi connectivity index (χ1n) is 8.89. The lowest BCUT2D eigenvalue weighted by atomic mass is 9.97. The first kappa shape index (κ1) is 18.7. The van der Waals surface area contributed by atoms with E-state index in [9.17, 15) is 9.18 Å². The summed E-state index contributed by atoms with van der Waals surface area (Å²) in [6.07, 6.45) is 2.33. The van der Waals surface area contributed by atoms with Gasteiger partial charge in [-0.2, -0.15) is 0 Å². The molecule has 0 aromatic heterocycles. The van der Waals surface area contributed by atoms with Crippen molar-refractivity contribution in [2.75, 3.05) is 26.7 Å². The number of hydrogen-bond acceptors (Lipinski definition) is 2. The molecular formula is C19H30FN3O. The zero-order valence-electron chi connectivity index (χ0n) is 15.3. The van der Waals surface area contributed by atoms with Gasteiger partial charge >= 0.3 is 6.03 Å². The minimum Gasteiger partial charge on any atom is -0.338 e. The molecule has 1 aromatic rings. The molecule has 1 aromatic carbocycles. The van der Waals surface area contributed by atoms with E-state index in [-0.39, 0.29) is 17.9 Å². The molecule has 24 heavy (non-hydrogen) atoms. The molecule has 1 N–H and O–H groups in total. The highest BCUT2D eigenvalue weighted by Crippen LogP contribution is 2.22. The average Bonchev–Trinajstić information content (AvgIpc) is 2.59. The molecular weight excluding hydrogens is 305 g/mol. The number of benzene rings is 1. The van der Waals surface area contributed by atoms with Crippen LogP contribution in [0.15, 0.2) is 24.3 Å². The Balaban J connectivity index is 1.86. The molecule has 2 rings (SSSR count). The van der Waals surface area contributed by atoms with Crippen LogP contribution in [0.1, 0.15) is 45.2 Å². The number of rotatable bonds is 5. The fourth-order valence-electron chi connectivity index (χ4n) is 3.29. The number of amides is 2. The lowest BCUT2D eigenvalue weighted by molar-refractivity contribution is 0.136. The van der Waals surface area contributed by atoms with E-state index in [0.29, 0.717) is 24.1 Å². The highest BCUT2D eigenvalue weighted by atomic mass is 19.1. The number of carbonyl (C=O) groups is 1. The van der Waals surface area contributed by atoms with Gasteiger partial charge in [-0.3, -0.25) is 0 Å². The van der Waals surface area contributed by atoms with Gasteiger partial charge in [-0.05, 0) is 52.1 Å². The van der Waals surface area contributed by atoms with Gasteiger partial charge < -0.3 is 15.1 Å². The highest BCUT2D eigenvalue weighted by Gasteiger charge is 2.24. The minimum atomic E-state index is -0.301. The van der Waals surface area contributed by atoms with Crippen molar-refractivity contribution in [2.24, 2.45) is 5.92 Å². The first-order chi connectivity index (χ1) is 11.4. The van der Waals surface area contributed by atoms with Crippen LogP contribution in [0.25, 0.3) is 0 Å². The maximum absolute atomic E-state index is 13.9.